The largest absolute Gasteiger partial charge is 0.494 e. The Kier molecular flexibility index (Phi) is 6.50. The first-order valence-corrected chi connectivity index (χ1v) is 9.61. The lowest BCUT2D eigenvalue weighted by Crippen LogP contribution is -2.28. The Morgan fingerprint density at radius 2 is 1.78 bits per heavy atom. The summed E-state index contributed by atoms with van der Waals surface area (Å²) in [6, 6.07) is 8.26. The number of aliphatic hydroxyl groups is 1. The van der Waals surface area contributed by atoms with Crippen molar-refractivity contribution < 1.29 is 31.4 Å². The van der Waals surface area contributed by atoms with Crippen LogP contribution in [-0.4, -0.2) is 26.7 Å². The van der Waals surface area contributed by atoms with E-state index in [9.17, 15) is 26.7 Å². The van der Waals surface area contributed by atoms with Crippen molar-refractivity contribution in [2.24, 2.45) is 0 Å². The van der Waals surface area contributed by atoms with Crippen LogP contribution in [0.4, 0.5) is 13.2 Å². The Bertz CT molecular complexity index is 880. The number of sulfonamides is 1. The molecule has 0 aliphatic rings. The number of hydrogen-bond donors (Lipinski definition) is 2. The van der Waals surface area contributed by atoms with Crippen molar-refractivity contribution in [1.82, 2.24) is 4.72 Å². The van der Waals surface area contributed by atoms with Crippen LogP contribution in [0.15, 0.2) is 47.4 Å². The molecule has 2 rings (SSSR count). The lowest BCUT2D eigenvalue weighted by Gasteiger charge is -2.15. The molecule has 0 saturated heterocycles. The van der Waals surface area contributed by atoms with Crippen LogP contribution in [-0.2, 0) is 16.2 Å². The molecule has 0 aliphatic heterocycles. The summed E-state index contributed by atoms with van der Waals surface area (Å²) in [6.45, 7) is 3.60. The number of nitrogens with one attached hydrogen (secondary N) is 1. The number of halogens is 3. The fourth-order valence-corrected chi connectivity index (χ4v) is 3.51. The molecule has 0 spiro atoms. The van der Waals surface area contributed by atoms with Crippen LogP contribution in [0.1, 0.15) is 29.7 Å². The van der Waals surface area contributed by atoms with Crippen LogP contribution in [0.3, 0.4) is 0 Å². The van der Waals surface area contributed by atoms with Gasteiger partial charge in [0.15, 0.2) is 0 Å². The molecule has 2 N–H and O–H groups in total. The van der Waals surface area contributed by atoms with Gasteiger partial charge in [0.25, 0.3) is 0 Å². The van der Waals surface area contributed by atoms with Gasteiger partial charge in [0.1, 0.15) is 5.75 Å². The number of benzene rings is 2. The van der Waals surface area contributed by atoms with E-state index in [4.69, 9.17) is 4.74 Å². The van der Waals surface area contributed by atoms with E-state index in [-0.39, 0.29) is 17.0 Å². The molecule has 148 valence electrons. The van der Waals surface area contributed by atoms with Gasteiger partial charge in [0, 0.05) is 6.54 Å². The second-order valence-corrected chi connectivity index (χ2v) is 7.61. The molecule has 2 aromatic rings. The van der Waals surface area contributed by atoms with Gasteiger partial charge in [-0.1, -0.05) is 12.1 Å². The van der Waals surface area contributed by atoms with Crippen molar-refractivity contribution in [2.45, 2.75) is 31.0 Å². The van der Waals surface area contributed by atoms with Crippen molar-refractivity contribution in [1.29, 1.82) is 0 Å². The van der Waals surface area contributed by atoms with Crippen molar-refractivity contribution in [3.63, 3.8) is 0 Å². The normalized spacial score (nSPS) is 13.4. The molecule has 0 heterocycles. The second-order valence-electron chi connectivity index (χ2n) is 5.85. The van der Waals surface area contributed by atoms with E-state index in [1.807, 2.05) is 6.92 Å². The Morgan fingerprint density at radius 1 is 1.15 bits per heavy atom. The first kappa shape index (κ1) is 21.2. The monoisotopic (exact) mass is 403 g/mol. The molecule has 0 saturated carbocycles. The average molecular weight is 403 g/mol. The third-order valence-corrected chi connectivity index (χ3v) is 5.27. The number of ether oxygens (including phenoxy) is 1. The SMILES string of the molecule is CCOc1ccc(S(=O)(=O)NC[C@H](O)c2ccc(C(F)(F)F)cc2)cc1C. The molecule has 1 atom stereocenters. The summed E-state index contributed by atoms with van der Waals surface area (Å²) in [5.41, 5.74) is -0.0273. The van der Waals surface area contributed by atoms with Crippen molar-refractivity contribution in [3.05, 3.63) is 59.2 Å². The van der Waals surface area contributed by atoms with Crippen molar-refractivity contribution in [2.75, 3.05) is 13.2 Å². The highest BCUT2D eigenvalue weighted by Gasteiger charge is 2.30. The molecule has 0 aromatic heterocycles. The van der Waals surface area contributed by atoms with Crippen LogP contribution >= 0.6 is 0 Å². The molecular weight excluding hydrogens is 383 g/mol. The summed E-state index contributed by atoms with van der Waals surface area (Å²) in [4.78, 5) is 0.00284. The van der Waals surface area contributed by atoms with Crippen LogP contribution in [0.5, 0.6) is 5.75 Å². The lowest BCUT2D eigenvalue weighted by molar-refractivity contribution is -0.137. The predicted molar refractivity (Wildman–Crippen MR) is 93.9 cm³/mol. The quantitative estimate of drug-likeness (QED) is 0.743. The van der Waals surface area contributed by atoms with Gasteiger partial charge in [-0.25, -0.2) is 13.1 Å². The molecule has 2 aromatic carbocycles. The van der Waals surface area contributed by atoms with Crippen LogP contribution in [0.25, 0.3) is 0 Å². The van der Waals surface area contributed by atoms with E-state index in [1.165, 1.54) is 12.1 Å². The predicted octanol–water partition coefficient (Wildman–Crippen LogP) is 3.42. The maximum Gasteiger partial charge on any atom is 0.416 e. The Balaban J connectivity index is 2.07. The Hall–Kier alpha value is -2.10. The summed E-state index contributed by atoms with van der Waals surface area (Å²) >= 11 is 0. The minimum atomic E-state index is -4.48. The van der Waals surface area contributed by atoms with Gasteiger partial charge >= 0.3 is 6.18 Å². The number of alkyl halides is 3. The Morgan fingerprint density at radius 3 is 2.30 bits per heavy atom. The zero-order valence-electron chi connectivity index (χ0n) is 14.7. The molecule has 0 aliphatic carbocycles. The summed E-state index contributed by atoms with van der Waals surface area (Å²) in [7, 11) is -3.89. The van der Waals surface area contributed by atoms with Crippen molar-refractivity contribution in [3.8, 4) is 5.75 Å². The molecule has 0 bridgehead atoms. The summed E-state index contributed by atoms with van der Waals surface area (Å²) < 4.78 is 70.0. The third kappa shape index (κ3) is 5.44. The van der Waals surface area contributed by atoms with Gasteiger partial charge in [-0.3, -0.25) is 0 Å². The minimum absolute atomic E-state index is 0.00284. The molecule has 5 nitrogen and oxygen atoms in total. The summed E-state index contributed by atoms with van der Waals surface area (Å²) in [6.07, 6.45) is -5.76. The first-order valence-electron chi connectivity index (χ1n) is 8.13. The van der Waals surface area contributed by atoms with E-state index in [0.29, 0.717) is 17.9 Å². The van der Waals surface area contributed by atoms with Gasteiger partial charge in [-0.2, -0.15) is 13.2 Å². The molecule has 9 heteroatoms. The van der Waals surface area contributed by atoms with Gasteiger partial charge < -0.3 is 9.84 Å². The van der Waals surface area contributed by atoms with E-state index >= 15 is 0 Å². The van der Waals surface area contributed by atoms with E-state index in [2.05, 4.69) is 4.72 Å². The molecule has 27 heavy (non-hydrogen) atoms. The zero-order chi connectivity index (χ0) is 20.2. The van der Waals surface area contributed by atoms with E-state index in [1.54, 1.807) is 13.0 Å². The molecule has 0 amide bonds. The standard InChI is InChI=1S/C18H20F3NO4S/c1-3-26-17-9-8-15(10-12(17)2)27(24,25)22-11-16(23)13-4-6-14(7-5-13)18(19,20)21/h4-10,16,22-23H,3,11H2,1-2H3/t16-/m0/s1. The Labute approximate surface area is 155 Å². The highest BCUT2D eigenvalue weighted by atomic mass is 32.2. The maximum absolute atomic E-state index is 12.6. The highest BCUT2D eigenvalue weighted by molar-refractivity contribution is 7.89. The highest BCUT2D eigenvalue weighted by Crippen LogP contribution is 2.30. The molecule has 0 fully saturated rings. The fraction of sp³-hybridized carbons (Fsp3) is 0.333. The smallest absolute Gasteiger partial charge is 0.416 e. The average Bonchev–Trinajstić information content (AvgIpc) is 2.61. The first-order chi connectivity index (χ1) is 12.5. The third-order valence-electron chi connectivity index (χ3n) is 3.85. The maximum atomic E-state index is 12.6. The lowest BCUT2D eigenvalue weighted by atomic mass is 10.1. The van der Waals surface area contributed by atoms with Gasteiger partial charge in [-0.05, 0) is 55.3 Å². The van der Waals surface area contributed by atoms with Crippen LogP contribution in [0.2, 0.25) is 0 Å². The number of aliphatic hydroxyl groups excluding tert-OH is 1. The van der Waals surface area contributed by atoms with Gasteiger partial charge in [-0.15, -0.1) is 0 Å². The van der Waals surface area contributed by atoms with Crippen LogP contribution < -0.4 is 9.46 Å². The van der Waals surface area contributed by atoms with Gasteiger partial charge in [0.05, 0.1) is 23.2 Å². The zero-order valence-corrected chi connectivity index (χ0v) is 15.6. The second kappa shape index (κ2) is 8.28. The molecular formula is C18H20F3NO4S. The molecule has 0 radical (unpaired) electrons. The van der Waals surface area contributed by atoms with Crippen LogP contribution in [0, 0.1) is 6.92 Å². The summed E-state index contributed by atoms with van der Waals surface area (Å²) in [5, 5.41) is 10.1. The van der Waals surface area contributed by atoms with E-state index in [0.717, 1.165) is 24.3 Å². The van der Waals surface area contributed by atoms with Crippen molar-refractivity contribution >= 4 is 10.0 Å². The number of rotatable bonds is 7. The summed E-state index contributed by atoms with van der Waals surface area (Å²) in [5.74, 6) is 0.571. The van der Waals surface area contributed by atoms with Gasteiger partial charge in [0.2, 0.25) is 10.0 Å². The molecule has 0 unspecified atom stereocenters. The minimum Gasteiger partial charge on any atom is -0.494 e. The number of hydrogen-bond acceptors (Lipinski definition) is 4. The topological polar surface area (TPSA) is 75.6 Å². The number of aryl methyl sites for hydroxylation is 1. The van der Waals surface area contributed by atoms with E-state index < -0.39 is 27.9 Å². The fourth-order valence-electron chi connectivity index (χ4n) is 2.39.